The van der Waals surface area contributed by atoms with Gasteiger partial charge in [0.2, 0.25) is 0 Å². The van der Waals surface area contributed by atoms with Crippen LogP contribution < -0.4 is 11.1 Å². The molecule has 3 N–H and O–H groups in total. The van der Waals surface area contributed by atoms with E-state index in [2.05, 4.69) is 11.4 Å². The fourth-order valence-electron chi connectivity index (χ4n) is 4.19. The first-order valence-corrected chi connectivity index (χ1v) is 9.67. The number of Topliss-reactive ketones (excluding diaryl/α,β-unsaturated/α-hetero) is 1. The van der Waals surface area contributed by atoms with Crippen LogP contribution >= 0.6 is 0 Å². The van der Waals surface area contributed by atoms with E-state index < -0.39 is 0 Å². The predicted octanol–water partition coefficient (Wildman–Crippen LogP) is 4.57. The van der Waals surface area contributed by atoms with Gasteiger partial charge in [0.15, 0.2) is 5.78 Å². The third kappa shape index (κ3) is 2.74. The molecule has 2 heterocycles. The molecule has 1 aromatic heterocycles. The summed E-state index contributed by atoms with van der Waals surface area (Å²) in [5.41, 5.74) is 11.2. The van der Waals surface area contributed by atoms with Gasteiger partial charge in [-0.05, 0) is 49.2 Å². The van der Waals surface area contributed by atoms with E-state index >= 15 is 0 Å². The van der Waals surface area contributed by atoms with Crippen LogP contribution in [0.25, 0.3) is 32.9 Å². The predicted molar refractivity (Wildman–Crippen MR) is 114 cm³/mol. The van der Waals surface area contributed by atoms with Gasteiger partial charge in [-0.15, -0.1) is 0 Å². The van der Waals surface area contributed by atoms with Crippen LogP contribution in [0.5, 0.6) is 0 Å². The van der Waals surface area contributed by atoms with Crippen molar-refractivity contribution >= 4 is 33.3 Å². The highest BCUT2D eigenvalue weighted by molar-refractivity contribution is 6.19. The average Bonchev–Trinajstić information content (AvgIpc) is 3.27. The number of carbonyl (C=O) groups is 1. The first-order chi connectivity index (χ1) is 13.7. The van der Waals surface area contributed by atoms with E-state index in [0.717, 1.165) is 63.6 Å². The van der Waals surface area contributed by atoms with Gasteiger partial charge in [-0.25, -0.2) is 4.98 Å². The number of benzene rings is 3. The number of hydrogen-bond acceptors (Lipinski definition) is 4. The molecule has 4 heteroatoms. The fraction of sp³-hybridized carbons (Fsp3) is 0.167. The van der Waals surface area contributed by atoms with Crippen molar-refractivity contribution in [1.29, 1.82) is 0 Å². The van der Waals surface area contributed by atoms with Crippen molar-refractivity contribution in [3.05, 3.63) is 72.3 Å². The van der Waals surface area contributed by atoms with Crippen LogP contribution in [0, 0.1) is 0 Å². The molecule has 138 valence electrons. The minimum absolute atomic E-state index is 0.115. The van der Waals surface area contributed by atoms with Crippen molar-refractivity contribution in [2.24, 2.45) is 0 Å². The Hall–Kier alpha value is -3.24. The van der Waals surface area contributed by atoms with Crippen molar-refractivity contribution in [2.75, 3.05) is 12.3 Å². The first kappa shape index (κ1) is 16.9. The number of fused-ring (bicyclic) bond motifs is 2. The lowest BCUT2D eigenvalue weighted by atomic mass is 9.90. The molecule has 1 saturated heterocycles. The number of hydrogen-bond donors (Lipinski definition) is 2. The molecule has 4 nitrogen and oxygen atoms in total. The van der Waals surface area contributed by atoms with E-state index in [9.17, 15) is 4.79 Å². The third-order valence-electron chi connectivity index (χ3n) is 5.55. The van der Waals surface area contributed by atoms with E-state index in [-0.39, 0.29) is 11.8 Å². The van der Waals surface area contributed by atoms with Gasteiger partial charge in [-0.1, -0.05) is 42.5 Å². The summed E-state index contributed by atoms with van der Waals surface area (Å²) in [6, 6.07) is 21.7. The highest BCUT2D eigenvalue weighted by Crippen LogP contribution is 2.37. The standard InChI is InChI=1S/C24H21N3O/c25-16-12-10-15(11-13-16)22-17-5-1-2-7-19(17)27-20-8-3-6-18(23(20)22)24(28)21-9-4-14-26-21/h1-3,5-8,10-13,21,26H,4,9,14,25H2/t21-/m1/s1. The van der Waals surface area contributed by atoms with Crippen LogP contribution in [0.2, 0.25) is 0 Å². The molecule has 0 unspecified atom stereocenters. The summed E-state index contributed by atoms with van der Waals surface area (Å²) in [7, 11) is 0. The number of nitrogen functional groups attached to an aromatic ring is 1. The molecule has 1 aliphatic rings. The van der Waals surface area contributed by atoms with Gasteiger partial charge in [-0.2, -0.15) is 0 Å². The number of ketones is 1. The van der Waals surface area contributed by atoms with Crippen molar-refractivity contribution in [2.45, 2.75) is 18.9 Å². The Balaban J connectivity index is 1.86. The summed E-state index contributed by atoms with van der Waals surface area (Å²) in [6.45, 7) is 0.896. The first-order valence-electron chi connectivity index (χ1n) is 9.67. The molecular formula is C24H21N3O. The zero-order valence-electron chi connectivity index (χ0n) is 15.5. The Kier molecular flexibility index (Phi) is 4.06. The smallest absolute Gasteiger partial charge is 0.180 e. The number of nitrogens with zero attached hydrogens (tertiary/aromatic N) is 1. The van der Waals surface area contributed by atoms with Gasteiger partial charge in [0, 0.05) is 27.6 Å². The molecule has 0 amide bonds. The van der Waals surface area contributed by atoms with Gasteiger partial charge in [0.05, 0.1) is 17.1 Å². The highest BCUT2D eigenvalue weighted by Gasteiger charge is 2.26. The Morgan fingerprint density at radius 2 is 1.75 bits per heavy atom. The summed E-state index contributed by atoms with van der Waals surface area (Å²) in [4.78, 5) is 18.2. The largest absolute Gasteiger partial charge is 0.399 e. The normalized spacial score (nSPS) is 16.6. The Morgan fingerprint density at radius 3 is 2.54 bits per heavy atom. The molecule has 1 aliphatic heterocycles. The maximum absolute atomic E-state index is 13.3. The molecule has 1 atom stereocenters. The number of carbonyl (C=O) groups excluding carboxylic acids is 1. The summed E-state index contributed by atoms with van der Waals surface area (Å²) < 4.78 is 0. The van der Waals surface area contributed by atoms with E-state index in [1.807, 2.05) is 60.7 Å². The second kappa shape index (κ2) is 6.73. The zero-order valence-corrected chi connectivity index (χ0v) is 15.5. The molecule has 0 aliphatic carbocycles. The van der Waals surface area contributed by atoms with Crippen LogP contribution in [-0.4, -0.2) is 23.4 Å². The van der Waals surface area contributed by atoms with Crippen LogP contribution in [0.1, 0.15) is 23.2 Å². The molecule has 28 heavy (non-hydrogen) atoms. The molecule has 3 aromatic carbocycles. The quantitative estimate of drug-likeness (QED) is 0.316. The van der Waals surface area contributed by atoms with Crippen LogP contribution in [-0.2, 0) is 0 Å². The van der Waals surface area contributed by atoms with Crippen molar-refractivity contribution in [3.8, 4) is 11.1 Å². The molecule has 0 saturated carbocycles. The Bertz CT molecular complexity index is 1190. The third-order valence-corrected chi connectivity index (χ3v) is 5.55. The van der Waals surface area contributed by atoms with Gasteiger partial charge in [0.1, 0.15) is 0 Å². The molecule has 0 radical (unpaired) electrons. The molecular weight excluding hydrogens is 346 g/mol. The average molecular weight is 367 g/mol. The van der Waals surface area contributed by atoms with Crippen LogP contribution in [0.3, 0.4) is 0 Å². The van der Waals surface area contributed by atoms with Gasteiger partial charge in [0.25, 0.3) is 0 Å². The minimum atomic E-state index is -0.115. The van der Waals surface area contributed by atoms with Gasteiger partial charge >= 0.3 is 0 Å². The molecule has 4 aromatic rings. The van der Waals surface area contributed by atoms with E-state index in [0.29, 0.717) is 0 Å². The highest BCUT2D eigenvalue weighted by atomic mass is 16.1. The van der Waals surface area contributed by atoms with Crippen molar-refractivity contribution < 1.29 is 4.79 Å². The SMILES string of the molecule is Nc1ccc(-c2c3ccccc3nc3cccc(C(=O)[C@H]4CCCN4)c23)cc1. The molecule has 1 fully saturated rings. The number of nitrogens with two attached hydrogens (primary N) is 1. The van der Waals surface area contributed by atoms with Crippen molar-refractivity contribution in [1.82, 2.24) is 10.3 Å². The maximum atomic E-state index is 13.3. The number of pyridine rings is 1. The maximum Gasteiger partial charge on any atom is 0.180 e. The number of nitrogens with one attached hydrogen (secondary N) is 1. The van der Waals surface area contributed by atoms with E-state index in [1.165, 1.54) is 0 Å². The lowest BCUT2D eigenvalue weighted by Crippen LogP contribution is -2.30. The summed E-state index contributed by atoms with van der Waals surface area (Å²) in [5, 5.41) is 5.30. The van der Waals surface area contributed by atoms with Gasteiger partial charge in [-0.3, -0.25) is 4.79 Å². The zero-order chi connectivity index (χ0) is 19.1. The minimum Gasteiger partial charge on any atom is -0.399 e. The fourth-order valence-corrected chi connectivity index (χ4v) is 4.19. The Morgan fingerprint density at radius 1 is 0.964 bits per heavy atom. The molecule has 5 rings (SSSR count). The topological polar surface area (TPSA) is 68.0 Å². The summed E-state index contributed by atoms with van der Waals surface area (Å²) in [6.07, 6.45) is 1.92. The van der Waals surface area contributed by atoms with Gasteiger partial charge < -0.3 is 11.1 Å². The van der Waals surface area contributed by atoms with Crippen LogP contribution in [0.15, 0.2) is 66.7 Å². The molecule has 0 spiro atoms. The van der Waals surface area contributed by atoms with E-state index in [4.69, 9.17) is 10.7 Å². The number of rotatable bonds is 3. The number of aromatic nitrogens is 1. The number of para-hydroxylation sites is 1. The summed E-state index contributed by atoms with van der Waals surface area (Å²) in [5.74, 6) is 0.150. The monoisotopic (exact) mass is 367 g/mol. The number of anilines is 1. The molecule has 0 bridgehead atoms. The lowest BCUT2D eigenvalue weighted by molar-refractivity contribution is 0.0954. The second-order valence-electron chi connectivity index (χ2n) is 7.34. The summed E-state index contributed by atoms with van der Waals surface area (Å²) >= 11 is 0. The van der Waals surface area contributed by atoms with E-state index in [1.54, 1.807) is 0 Å². The lowest BCUT2D eigenvalue weighted by Gasteiger charge is -2.16. The Labute approximate surface area is 163 Å². The van der Waals surface area contributed by atoms with Crippen molar-refractivity contribution in [3.63, 3.8) is 0 Å². The van der Waals surface area contributed by atoms with Crippen LogP contribution in [0.4, 0.5) is 5.69 Å². The second-order valence-corrected chi connectivity index (χ2v) is 7.34.